The van der Waals surface area contributed by atoms with Crippen LogP contribution in [0.4, 0.5) is 14.5 Å². The van der Waals surface area contributed by atoms with E-state index in [-0.39, 0.29) is 17.1 Å². The first-order chi connectivity index (χ1) is 8.00. The minimum absolute atomic E-state index is 0.00748. The summed E-state index contributed by atoms with van der Waals surface area (Å²) in [6.45, 7) is 4.28. The van der Waals surface area contributed by atoms with Gasteiger partial charge in [-0.05, 0) is 29.7 Å². The number of hydrogen-bond donors (Lipinski definition) is 1. The molecule has 1 atom stereocenters. The lowest BCUT2D eigenvalue weighted by atomic mass is 9.82. The van der Waals surface area contributed by atoms with Gasteiger partial charge in [-0.15, -0.1) is 0 Å². The van der Waals surface area contributed by atoms with Crippen molar-refractivity contribution < 1.29 is 8.78 Å². The van der Waals surface area contributed by atoms with E-state index >= 15 is 0 Å². The number of rotatable bonds is 2. The van der Waals surface area contributed by atoms with Gasteiger partial charge in [0.1, 0.15) is 17.3 Å². The van der Waals surface area contributed by atoms with Crippen molar-refractivity contribution in [2.45, 2.75) is 26.3 Å². The summed E-state index contributed by atoms with van der Waals surface area (Å²) >= 11 is 1.83. The predicted octanol–water partition coefficient (Wildman–Crippen LogP) is 3.91. The van der Waals surface area contributed by atoms with Crippen LogP contribution in [0.25, 0.3) is 0 Å². The normalized spacial score (nSPS) is 23.4. The van der Waals surface area contributed by atoms with Crippen LogP contribution in [-0.2, 0) is 0 Å². The van der Waals surface area contributed by atoms with Crippen LogP contribution >= 0.6 is 11.8 Å². The first kappa shape index (κ1) is 12.7. The SMILES string of the molecule is CC1(C)CCSCC1Nc1c(F)cccc1F. The fourth-order valence-electron chi connectivity index (χ4n) is 1.98. The highest BCUT2D eigenvalue weighted by molar-refractivity contribution is 7.99. The maximum atomic E-state index is 13.5. The summed E-state index contributed by atoms with van der Waals surface area (Å²) in [4.78, 5) is 0. The molecule has 94 valence electrons. The van der Waals surface area contributed by atoms with Gasteiger partial charge in [-0.25, -0.2) is 8.78 Å². The molecule has 1 aromatic rings. The molecule has 1 nitrogen and oxygen atoms in total. The Balaban J connectivity index is 2.20. The van der Waals surface area contributed by atoms with Crippen LogP contribution in [-0.4, -0.2) is 17.5 Å². The lowest BCUT2D eigenvalue weighted by molar-refractivity contribution is 0.304. The van der Waals surface area contributed by atoms with Crippen molar-refractivity contribution in [3.05, 3.63) is 29.8 Å². The van der Waals surface area contributed by atoms with Gasteiger partial charge in [-0.3, -0.25) is 0 Å². The highest BCUT2D eigenvalue weighted by Gasteiger charge is 2.33. The van der Waals surface area contributed by atoms with Crippen LogP contribution in [0.3, 0.4) is 0 Å². The summed E-state index contributed by atoms with van der Waals surface area (Å²) < 4.78 is 27.1. The summed E-state index contributed by atoms with van der Waals surface area (Å²) in [7, 11) is 0. The Labute approximate surface area is 105 Å². The van der Waals surface area contributed by atoms with E-state index in [1.807, 2.05) is 11.8 Å². The molecule has 0 aromatic heterocycles. The van der Waals surface area contributed by atoms with Crippen LogP contribution in [0.15, 0.2) is 18.2 Å². The molecule has 0 saturated carbocycles. The third-order valence-electron chi connectivity index (χ3n) is 3.40. The Morgan fingerprint density at radius 1 is 1.29 bits per heavy atom. The van der Waals surface area contributed by atoms with Crippen molar-refractivity contribution in [2.75, 3.05) is 16.8 Å². The van der Waals surface area contributed by atoms with E-state index in [4.69, 9.17) is 0 Å². The average molecular weight is 257 g/mol. The number of hydrogen-bond acceptors (Lipinski definition) is 2. The van der Waals surface area contributed by atoms with E-state index in [0.717, 1.165) is 17.9 Å². The lowest BCUT2D eigenvalue weighted by Crippen LogP contribution is -2.42. The molecule has 1 heterocycles. The summed E-state index contributed by atoms with van der Waals surface area (Å²) in [6.07, 6.45) is 1.06. The Morgan fingerprint density at radius 2 is 1.94 bits per heavy atom. The molecule has 4 heteroatoms. The molecule has 0 bridgehead atoms. The van der Waals surface area contributed by atoms with E-state index in [1.54, 1.807) is 0 Å². The van der Waals surface area contributed by atoms with Crippen LogP contribution in [0.5, 0.6) is 0 Å². The maximum Gasteiger partial charge on any atom is 0.149 e. The van der Waals surface area contributed by atoms with Crippen molar-refractivity contribution in [2.24, 2.45) is 5.41 Å². The number of para-hydroxylation sites is 1. The molecule has 0 spiro atoms. The van der Waals surface area contributed by atoms with Gasteiger partial charge < -0.3 is 5.32 Å². The van der Waals surface area contributed by atoms with Crippen molar-refractivity contribution >= 4 is 17.4 Å². The minimum Gasteiger partial charge on any atom is -0.376 e. The van der Waals surface area contributed by atoms with E-state index in [9.17, 15) is 8.78 Å². The van der Waals surface area contributed by atoms with E-state index < -0.39 is 11.6 Å². The zero-order valence-corrected chi connectivity index (χ0v) is 10.9. The maximum absolute atomic E-state index is 13.5. The van der Waals surface area contributed by atoms with Gasteiger partial charge in [-0.2, -0.15) is 11.8 Å². The summed E-state index contributed by atoms with van der Waals surface area (Å²) in [5, 5.41) is 3.04. The first-order valence-electron chi connectivity index (χ1n) is 5.79. The van der Waals surface area contributed by atoms with Crippen molar-refractivity contribution in [3.8, 4) is 0 Å². The molecule has 1 aliphatic rings. The van der Waals surface area contributed by atoms with Crippen molar-refractivity contribution in [3.63, 3.8) is 0 Å². The highest BCUT2D eigenvalue weighted by atomic mass is 32.2. The number of anilines is 1. The quantitative estimate of drug-likeness (QED) is 0.862. The van der Waals surface area contributed by atoms with Gasteiger partial charge in [0.25, 0.3) is 0 Å². The van der Waals surface area contributed by atoms with Gasteiger partial charge in [0.15, 0.2) is 0 Å². The molecule has 1 unspecified atom stereocenters. The minimum atomic E-state index is -0.517. The zero-order chi connectivity index (χ0) is 12.5. The Hall–Kier alpha value is -0.770. The fourth-order valence-corrected chi connectivity index (χ4v) is 3.59. The first-order valence-corrected chi connectivity index (χ1v) is 6.94. The summed E-state index contributed by atoms with van der Waals surface area (Å²) in [6, 6.07) is 4.06. The monoisotopic (exact) mass is 257 g/mol. The molecule has 1 aromatic carbocycles. The Bertz CT molecular complexity index is 386. The molecule has 1 saturated heterocycles. The van der Waals surface area contributed by atoms with E-state index in [1.165, 1.54) is 18.2 Å². The Morgan fingerprint density at radius 3 is 2.53 bits per heavy atom. The molecule has 1 N–H and O–H groups in total. The summed E-state index contributed by atoms with van der Waals surface area (Å²) in [5.41, 5.74) is 0.0769. The van der Waals surface area contributed by atoms with E-state index in [2.05, 4.69) is 19.2 Å². The van der Waals surface area contributed by atoms with Gasteiger partial charge in [0.2, 0.25) is 0 Å². The predicted molar refractivity (Wildman–Crippen MR) is 69.5 cm³/mol. The van der Waals surface area contributed by atoms with Crippen molar-refractivity contribution in [1.82, 2.24) is 0 Å². The van der Waals surface area contributed by atoms with Gasteiger partial charge in [0, 0.05) is 11.8 Å². The fraction of sp³-hybridized carbons (Fsp3) is 0.538. The highest BCUT2D eigenvalue weighted by Crippen LogP contribution is 2.36. The molecule has 0 radical (unpaired) electrons. The molecule has 17 heavy (non-hydrogen) atoms. The molecule has 1 fully saturated rings. The third-order valence-corrected chi connectivity index (χ3v) is 4.46. The number of halogens is 2. The number of benzene rings is 1. The summed E-state index contributed by atoms with van der Waals surface area (Å²) in [5.74, 6) is 0.971. The zero-order valence-electron chi connectivity index (χ0n) is 10.1. The lowest BCUT2D eigenvalue weighted by Gasteiger charge is -2.39. The molecule has 0 aliphatic carbocycles. The number of nitrogens with one attached hydrogen (secondary N) is 1. The van der Waals surface area contributed by atoms with Gasteiger partial charge in [-0.1, -0.05) is 19.9 Å². The Kier molecular flexibility index (Phi) is 3.61. The van der Waals surface area contributed by atoms with Gasteiger partial charge in [0.05, 0.1) is 0 Å². The second-order valence-electron chi connectivity index (χ2n) is 5.11. The van der Waals surface area contributed by atoms with Crippen LogP contribution in [0, 0.1) is 17.0 Å². The molecular weight excluding hydrogens is 240 g/mol. The topological polar surface area (TPSA) is 12.0 Å². The molecule has 2 rings (SSSR count). The average Bonchev–Trinajstić information content (AvgIpc) is 2.25. The van der Waals surface area contributed by atoms with E-state index in [0.29, 0.717) is 0 Å². The van der Waals surface area contributed by atoms with Crippen LogP contribution in [0.2, 0.25) is 0 Å². The van der Waals surface area contributed by atoms with Crippen LogP contribution < -0.4 is 5.32 Å². The standard InChI is InChI=1S/C13H17F2NS/c1-13(2)6-7-17-8-11(13)16-12-9(14)4-3-5-10(12)15/h3-5,11,16H,6-8H2,1-2H3. The largest absolute Gasteiger partial charge is 0.376 e. The molecule has 1 aliphatic heterocycles. The second-order valence-corrected chi connectivity index (χ2v) is 6.26. The molecular formula is C13H17F2NS. The number of thioether (sulfide) groups is 1. The van der Waals surface area contributed by atoms with Crippen LogP contribution in [0.1, 0.15) is 20.3 Å². The van der Waals surface area contributed by atoms with Gasteiger partial charge >= 0.3 is 0 Å². The third kappa shape index (κ3) is 2.73. The molecule has 0 amide bonds. The smallest absolute Gasteiger partial charge is 0.149 e. The second kappa shape index (κ2) is 4.84. The van der Waals surface area contributed by atoms with Crippen molar-refractivity contribution in [1.29, 1.82) is 0 Å².